The van der Waals surface area contributed by atoms with Crippen molar-refractivity contribution < 1.29 is 19.1 Å². The Morgan fingerprint density at radius 3 is 2.00 bits per heavy atom. The van der Waals surface area contributed by atoms with E-state index < -0.39 is 0 Å². The average Bonchev–Trinajstić information content (AvgIpc) is 2.31. The molecule has 0 saturated carbocycles. The second-order valence-corrected chi connectivity index (χ2v) is 6.83. The molecule has 0 aliphatic carbocycles. The molecule has 0 aromatic rings. The Labute approximate surface area is 123 Å². The van der Waals surface area contributed by atoms with E-state index in [-0.39, 0.29) is 30.2 Å². The Hall–Kier alpha value is -1.06. The highest BCUT2D eigenvalue weighted by atomic mass is 16.5. The molecule has 0 rings (SSSR count). The smallest absolute Gasteiger partial charge is 0.305 e. The van der Waals surface area contributed by atoms with E-state index >= 15 is 0 Å². The van der Waals surface area contributed by atoms with Gasteiger partial charge in [-0.25, -0.2) is 0 Å². The van der Waals surface area contributed by atoms with Crippen molar-refractivity contribution in [2.24, 2.45) is 11.3 Å². The molecule has 0 aliphatic heterocycles. The second-order valence-electron chi connectivity index (χ2n) is 6.83. The number of ether oxygens (including phenoxy) is 2. The van der Waals surface area contributed by atoms with Crippen molar-refractivity contribution in [1.29, 1.82) is 0 Å². The molecule has 0 aromatic carbocycles. The van der Waals surface area contributed by atoms with Crippen LogP contribution >= 0.6 is 0 Å². The molecule has 0 bridgehead atoms. The van der Waals surface area contributed by atoms with E-state index in [0.29, 0.717) is 25.6 Å². The number of hydrogen-bond donors (Lipinski definition) is 0. The van der Waals surface area contributed by atoms with Crippen LogP contribution in [-0.4, -0.2) is 25.2 Å². The molecule has 0 radical (unpaired) electrons. The maximum Gasteiger partial charge on any atom is 0.305 e. The Morgan fingerprint density at radius 2 is 1.50 bits per heavy atom. The summed E-state index contributed by atoms with van der Waals surface area (Å²) in [6.07, 6.45) is 3.01. The normalized spacial score (nSPS) is 11.5. The minimum Gasteiger partial charge on any atom is -0.466 e. The van der Waals surface area contributed by atoms with Gasteiger partial charge in [0, 0.05) is 12.8 Å². The fourth-order valence-corrected chi connectivity index (χ4v) is 1.50. The Bertz CT molecular complexity index is 289. The molecule has 0 atom stereocenters. The zero-order valence-corrected chi connectivity index (χ0v) is 13.7. The quantitative estimate of drug-likeness (QED) is 0.479. The first-order chi connectivity index (χ1) is 9.20. The molecule has 20 heavy (non-hydrogen) atoms. The molecule has 0 aromatic heterocycles. The van der Waals surface area contributed by atoms with Gasteiger partial charge in [-0.2, -0.15) is 0 Å². The first kappa shape index (κ1) is 18.9. The molecule has 0 aliphatic rings. The molecule has 0 N–H and O–H groups in total. The van der Waals surface area contributed by atoms with Crippen LogP contribution < -0.4 is 0 Å². The highest BCUT2D eigenvalue weighted by Crippen LogP contribution is 2.13. The SMILES string of the molecule is CC(C)CCCOC(=O)CCCC(=O)OCC(C)(C)C. The summed E-state index contributed by atoms with van der Waals surface area (Å²) < 4.78 is 10.2. The van der Waals surface area contributed by atoms with Gasteiger partial charge in [-0.3, -0.25) is 9.59 Å². The molecule has 4 nitrogen and oxygen atoms in total. The minimum atomic E-state index is -0.243. The third-order valence-electron chi connectivity index (χ3n) is 2.62. The summed E-state index contributed by atoms with van der Waals surface area (Å²) in [5.41, 5.74) is -0.0228. The standard InChI is InChI=1S/C16H30O4/c1-13(2)8-7-11-19-14(17)9-6-10-15(18)20-12-16(3,4)5/h13H,6-12H2,1-5H3. The van der Waals surface area contributed by atoms with Gasteiger partial charge in [-0.15, -0.1) is 0 Å². The van der Waals surface area contributed by atoms with Crippen LogP contribution in [0, 0.1) is 11.3 Å². The lowest BCUT2D eigenvalue weighted by molar-refractivity contribution is -0.147. The van der Waals surface area contributed by atoms with Gasteiger partial charge < -0.3 is 9.47 Å². The fraction of sp³-hybridized carbons (Fsp3) is 0.875. The molecule has 0 saturated heterocycles. The largest absolute Gasteiger partial charge is 0.466 e. The molecular formula is C16H30O4. The first-order valence-corrected chi connectivity index (χ1v) is 7.52. The lowest BCUT2D eigenvalue weighted by Gasteiger charge is -2.17. The van der Waals surface area contributed by atoms with Crippen LogP contribution in [0.3, 0.4) is 0 Å². The summed E-state index contributed by atoms with van der Waals surface area (Å²) >= 11 is 0. The number of hydrogen-bond acceptors (Lipinski definition) is 4. The van der Waals surface area contributed by atoms with Crippen molar-refractivity contribution in [2.45, 2.75) is 66.7 Å². The van der Waals surface area contributed by atoms with Crippen LogP contribution in [0.5, 0.6) is 0 Å². The minimum absolute atomic E-state index is 0.0228. The van der Waals surface area contributed by atoms with Crippen LogP contribution in [0.1, 0.15) is 66.7 Å². The molecule has 0 unspecified atom stereocenters. The van der Waals surface area contributed by atoms with Crippen molar-refractivity contribution in [3.05, 3.63) is 0 Å². The van der Waals surface area contributed by atoms with E-state index in [1.54, 1.807) is 0 Å². The van der Waals surface area contributed by atoms with E-state index in [0.717, 1.165) is 12.8 Å². The molecular weight excluding hydrogens is 256 g/mol. The van der Waals surface area contributed by atoms with Crippen LogP contribution in [0.25, 0.3) is 0 Å². The van der Waals surface area contributed by atoms with Gasteiger partial charge in [0.2, 0.25) is 0 Å². The number of carbonyl (C=O) groups is 2. The van der Waals surface area contributed by atoms with Crippen molar-refractivity contribution in [3.8, 4) is 0 Å². The summed E-state index contributed by atoms with van der Waals surface area (Å²) in [6, 6.07) is 0. The summed E-state index contributed by atoms with van der Waals surface area (Å²) in [5, 5.41) is 0. The molecule has 0 fully saturated rings. The Morgan fingerprint density at radius 1 is 0.950 bits per heavy atom. The van der Waals surface area contributed by atoms with Crippen LogP contribution in [0.4, 0.5) is 0 Å². The average molecular weight is 286 g/mol. The van der Waals surface area contributed by atoms with Crippen LogP contribution in [0.2, 0.25) is 0 Å². The van der Waals surface area contributed by atoms with Gasteiger partial charge in [-0.1, -0.05) is 34.6 Å². The monoisotopic (exact) mass is 286 g/mol. The van der Waals surface area contributed by atoms with Crippen molar-refractivity contribution in [2.75, 3.05) is 13.2 Å². The van der Waals surface area contributed by atoms with Gasteiger partial charge in [0.1, 0.15) is 0 Å². The summed E-state index contributed by atoms with van der Waals surface area (Å²) in [4.78, 5) is 22.8. The first-order valence-electron chi connectivity index (χ1n) is 7.52. The maximum atomic E-state index is 11.4. The van der Waals surface area contributed by atoms with Gasteiger partial charge in [0.05, 0.1) is 13.2 Å². The maximum absolute atomic E-state index is 11.4. The Kier molecular flexibility index (Phi) is 9.26. The topological polar surface area (TPSA) is 52.6 Å². The predicted molar refractivity (Wildman–Crippen MR) is 79.3 cm³/mol. The summed E-state index contributed by atoms with van der Waals surface area (Å²) in [7, 11) is 0. The van der Waals surface area contributed by atoms with Gasteiger partial charge in [-0.05, 0) is 30.6 Å². The summed E-state index contributed by atoms with van der Waals surface area (Å²) in [6.45, 7) is 11.2. The van der Waals surface area contributed by atoms with Gasteiger partial charge >= 0.3 is 11.9 Å². The lowest BCUT2D eigenvalue weighted by atomic mass is 9.99. The van der Waals surface area contributed by atoms with E-state index in [9.17, 15) is 9.59 Å². The highest BCUT2D eigenvalue weighted by Gasteiger charge is 2.14. The van der Waals surface area contributed by atoms with E-state index in [1.807, 2.05) is 20.8 Å². The third-order valence-corrected chi connectivity index (χ3v) is 2.62. The van der Waals surface area contributed by atoms with E-state index in [2.05, 4.69) is 13.8 Å². The molecule has 0 heterocycles. The third kappa shape index (κ3) is 13.4. The Balaban J connectivity index is 3.53. The van der Waals surface area contributed by atoms with E-state index in [4.69, 9.17) is 9.47 Å². The van der Waals surface area contributed by atoms with E-state index in [1.165, 1.54) is 0 Å². The second kappa shape index (κ2) is 9.78. The van der Waals surface area contributed by atoms with Crippen molar-refractivity contribution in [1.82, 2.24) is 0 Å². The predicted octanol–water partition coefficient (Wildman–Crippen LogP) is 3.73. The number of esters is 2. The number of carbonyl (C=O) groups excluding carboxylic acids is 2. The van der Waals surface area contributed by atoms with Crippen molar-refractivity contribution >= 4 is 11.9 Å². The summed E-state index contributed by atoms with van der Waals surface area (Å²) in [5.74, 6) is 0.163. The zero-order valence-electron chi connectivity index (χ0n) is 13.7. The van der Waals surface area contributed by atoms with Crippen LogP contribution in [0.15, 0.2) is 0 Å². The fourth-order valence-electron chi connectivity index (χ4n) is 1.50. The van der Waals surface area contributed by atoms with Gasteiger partial charge in [0.15, 0.2) is 0 Å². The molecule has 4 heteroatoms. The highest BCUT2D eigenvalue weighted by molar-refractivity contribution is 5.72. The zero-order chi connectivity index (χ0) is 15.6. The molecule has 0 amide bonds. The van der Waals surface area contributed by atoms with Crippen molar-refractivity contribution in [3.63, 3.8) is 0 Å². The van der Waals surface area contributed by atoms with Gasteiger partial charge in [0.25, 0.3) is 0 Å². The molecule has 118 valence electrons. The lowest BCUT2D eigenvalue weighted by Crippen LogP contribution is -2.18. The molecule has 0 spiro atoms. The van der Waals surface area contributed by atoms with Crippen LogP contribution in [-0.2, 0) is 19.1 Å². The number of rotatable bonds is 9.